The van der Waals surface area contributed by atoms with Crippen molar-refractivity contribution < 1.29 is 14.1 Å². The summed E-state index contributed by atoms with van der Waals surface area (Å²) in [5, 5.41) is 16.3. The molecule has 0 spiro atoms. The van der Waals surface area contributed by atoms with Gasteiger partial charge < -0.3 is 0 Å². The Hall–Kier alpha value is -2.32. The average molecular weight is 427 g/mol. The summed E-state index contributed by atoms with van der Waals surface area (Å²) in [7, 11) is 0. The van der Waals surface area contributed by atoms with Gasteiger partial charge in [-0.2, -0.15) is 5.10 Å². The quantitative estimate of drug-likeness (QED) is 0.343. The number of benzene rings is 2. The van der Waals surface area contributed by atoms with Crippen molar-refractivity contribution in [3.05, 3.63) is 67.0 Å². The molecule has 0 unspecified atom stereocenters. The first kappa shape index (κ1) is 17.5. The highest BCUT2D eigenvalue weighted by Crippen LogP contribution is 2.36. The zero-order valence-corrected chi connectivity index (χ0v) is 15.1. The van der Waals surface area contributed by atoms with Gasteiger partial charge in [-0.05, 0) is 41.1 Å². The Morgan fingerprint density at radius 2 is 2.16 bits per heavy atom. The van der Waals surface area contributed by atoms with Gasteiger partial charge in [-0.1, -0.05) is 11.6 Å². The standard InChI is InChI=1S/C16H10BrClFN3O3/c1-2-21-7-8-5-12(22(24)25)13(14(17)15(8)20-21)16(23)10-6-9(19)3-4-11(10)18/h3-7H,2H2,1H3. The molecule has 0 fully saturated rings. The summed E-state index contributed by atoms with van der Waals surface area (Å²) in [4.78, 5) is 23.7. The summed E-state index contributed by atoms with van der Waals surface area (Å²) in [6.07, 6.45) is 1.65. The molecule has 0 bridgehead atoms. The first-order valence-electron chi connectivity index (χ1n) is 7.17. The van der Waals surface area contributed by atoms with Crippen molar-refractivity contribution >= 4 is 49.9 Å². The third-order valence-electron chi connectivity index (χ3n) is 3.69. The molecule has 2 aromatic carbocycles. The Bertz CT molecular complexity index is 1040. The maximum absolute atomic E-state index is 13.5. The van der Waals surface area contributed by atoms with Crippen LogP contribution in [0.4, 0.5) is 10.1 Å². The smallest absolute Gasteiger partial charge is 0.282 e. The van der Waals surface area contributed by atoms with E-state index >= 15 is 0 Å². The summed E-state index contributed by atoms with van der Waals surface area (Å²) in [6, 6.07) is 4.57. The molecule has 9 heteroatoms. The van der Waals surface area contributed by atoms with Crippen LogP contribution < -0.4 is 0 Å². The van der Waals surface area contributed by atoms with Crippen LogP contribution in [0.15, 0.2) is 34.9 Å². The van der Waals surface area contributed by atoms with Crippen LogP contribution in [0.25, 0.3) is 10.9 Å². The number of hydrogen-bond donors (Lipinski definition) is 0. The van der Waals surface area contributed by atoms with E-state index in [4.69, 9.17) is 11.6 Å². The van der Waals surface area contributed by atoms with Crippen LogP contribution in [0.3, 0.4) is 0 Å². The minimum Gasteiger partial charge on any atom is -0.288 e. The number of nitro benzene ring substituents is 1. The topological polar surface area (TPSA) is 78.0 Å². The fraction of sp³-hybridized carbons (Fsp3) is 0.125. The predicted octanol–water partition coefficient (Wildman–Crippen LogP) is 4.75. The Morgan fingerprint density at radius 3 is 2.80 bits per heavy atom. The molecule has 0 N–H and O–H groups in total. The highest BCUT2D eigenvalue weighted by atomic mass is 79.9. The van der Waals surface area contributed by atoms with E-state index in [-0.39, 0.29) is 20.6 Å². The summed E-state index contributed by atoms with van der Waals surface area (Å²) < 4.78 is 15.3. The Kier molecular flexibility index (Phi) is 4.57. The first-order chi connectivity index (χ1) is 11.8. The van der Waals surface area contributed by atoms with E-state index in [0.29, 0.717) is 17.4 Å². The van der Waals surface area contributed by atoms with Gasteiger partial charge in [0.05, 0.1) is 14.4 Å². The lowest BCUT2D eigenvalue weighted by Crippen LogP contribution is -2.08. The van der Waals surface area contributed by atoms with Gasteiger partial charge in [-0.25, -0.2) is 4.39 Å². The van der Waals surface area contributed by atoms with Crippen LogP contribution in [0.2, 0.25) is 5.02 Å². The lowest BCUT2D eigenvalue weighted by Gasteiger charge is -2.07. The molecule has 3 rings (SSSR count). The van der Waals surface area contributed by atoms with Crippen LogP contribution in [-0.2, 0) is 6.54 Å². The van der Waals surface area contributed by atoms with Crippen molar-refractivity contribution in [2.75, 3.05) is 0 Å². The number of rotatable bonds is 4. The van der Waals surface area contributed by atoms with Crippen molar-refractivity contribution in [2.24, 2.45) is 0 Å². The van der Waals surface area contributed by atoms with E-state index in [1.807, 2.05) is 6.92 Å². The molecule has 0 aliphatic rings. The number of halogens is 3. The second-order valence-corrected chi connectivity index (χ2v) is 6.42. The fourth-order valence-electron chi connectivity index (χ4n) is 2.49. The summed E-state index contributed by atoms with van der Waals surface area (Å²) >= 11 is 9.22. The Morgan fingerprint density at radius 1 is 1.44 bits per heavy atom. The third kappa shape index (κ3) is 3.03. The normalized spacial score (nSPS) is 11.0. The maximum atomic E-state index is 13.5. The molecule has 0 saturated heterocycles. The van der Waals surface area contributed by atoms with Crippen LogP contribution in [0.1, 0.15) is 22.8 Å². The molecule has 1 aromatic heterocycles. The van der Waals surface area contributed by atoms with Crippen molar-refractivity contribution in [1.29, 1.82) is 0 Å². The van der Waals surface area contributed by atoms with Gasteiger partial charge in [-0.15, -0.1) is 0 Å². The molecular weight excluding hydrogens is 417 g/mol. The van der Waals surface area contributed by atoms with E-state index in [1.54, 1.807) is 10.9 Å². The lowest BCUT2D eigenvalue weighted by atomic mass is 10.00. The van der Waals surface area contributed by atoms with E-state index < -0.39 is 22.2 Å². The van der Waals surface area contributed by atoms with Gasteiger partial charge in [0.15, 0.2) is 0 Å². The van der Waals surface area contributed by atoms with Gasteiger partial charge in [0, 0.05) is 29.8 Å². The summed E-state index contributed by atoms with van der Waals surface area (Å²) in [6.45, 7) is 2.43. The highest BCUT2D eigenvalue weighted by molar-refractivity contribution is 9.10. The number of aryl methyl sites for hydroxylation is 1. The van der Waals surface area contributed by atoms with E-state index in [1.165, 1.54) is 12.1 Å². The number of ketones is 1. The number of nitrogens with zero attached hydrogens (tertiary/aromatic N) is 3. The minimum atomic E-state index is -0.754. The van der Waals surface area contributed by atoms with Crippen molar-refractivity contribution in [3.63, 3.8) is 0 Å². The number of aromatic nitrogens is 2. The Balaban J connectivity index is 2.31. The SMILES string of the molecule is CCn1cc2cc([N+](=O)[O-])c(C(=O)c3cc(F)ccc3Cl)c(Br)c2n1. The molecule has 0 amide bonds. The number of nitro groups is 1. The molecule has 128 valence electrons. The van der Waals surface area contributed by atoms with Crippen molar-refractivity contribution in [3.8, 4) is 0 Å². The van der Waals surface area contributed by atoms with Gasteiger partial charge in [0.2, 0.25) is 5.78 Å². The van der Waals surface area contributed by atoms with E-state index in [2.05, 4.69) is 21.0 Å². The van der Waals surface area contributed by atoms with Crippen LogP contribution in [0.5, 0.6) is 0 Å². The van der Waals surface area contributed by atoms with Gasteiger partial charge in [-0.3, -0.25) is 19.6 Å². The monoisotopic (exact) mass is 425 g/mol. The van der Waals surface area contributed by atoms with Gasteiger partial charge >= 0.3 is 0 Å². The zero-order valence-electron chi connectivity index (χ0n) is 12.8. The molecule has 1 heterocycles. The summed E-state index contributed by atoms with van der Waals surface area (Å²) in [5.41, 5.74) is -0.366. The third-order valence-corrected chi connectivity index (χ3v) is 4.79. The van der Waals surface area contributed by atoms with Crippen molar-refractivity contribution in [1.82, 2.24) is 9.78 Å². The van der Waals surface area contributed by atoms with Crippen molar-refractivity contribution in [2.45, 2.75) is 13.5 Å². The van der Waals surface area contributed by atoms with Crippen LogP contribution >= 0.6 is 27.5 Å². The molecule has 3 aromatic rings. The number of hydrogen-bond acceptors (Lipinski definition) is 4. The van der Waals surface area contributed by atoms with Crippen LogP contribution in [0, 0.1) is 15.9 Å². The van der Waals surface area contributed by atoms with E-state index in [9.17, 15) is 19.3 Å². The molecule has 25 heavy (non-hydrogen) atoms. The molecule has 0 atom stereocenters. The average Bonchev–Trinajstić information content (AvgIpc) is 3.00. The summed E-state index contributed by atoms with van der Waals surface area (Å²) in [5.74, 6) is -1.42. The molecule has 0 aliphatic heterocycles. The van der Waals surface area contributed by atoms with Gasteiger partial charge in [0.1, 0.15) is 16.9 Å². The van der Waals surface area contributed by atoms with E-state index in [0.717, 1.165) is 12.1 Å². The second kappa shape index (κ2) is 6.53. The predicted molar refractivity (Wildman–Crippen MR) is 94.6 cm³/mol. The molecule has 0 radical (unpaired) electrons. The minimum absolute atomic E-state index is 0.00628. The molecule has 6 nitrogen and oxygen atoms in total. The highest BCUT2D eigenvalue weighted by Gasteiger charge is 2.29. The zero-order chi connectivity index (χ0) is 18.3. The maximum Gasteiger partial charge on any atom is 0.282 e. The van der Waals surface area contributed by atoms with Gasteiger partial charge in [0.25, 0.3) is 5.69 Å². The fourth-order valence-corrected chi connectivity index (χ4v) is 3.39. The number of carbonyl (C=O) groups excluding carboxylic acids is 1. The largest absolute Gasteiger partial charge is 0.288 e. The molecular formula is C16H10BrClFN3O3. The molecule has 0 saturated carbocycles. The number of carbonyl (C=O) groups is 1. The number of fused-ring (bicyclic) bond motifs is 1. The second-order valence-electron chi connectivity index (χ2n) is 5.22. The first-order valence-corrected chi connectivity index (χ1v) is 8.34. The Labute approximate surface area is 154 Å². The van der Waals surface area contributed by atoms with Crippen LogP contribution in [-0.4, -0.2) is 20.5 Å². The molecule has 0 aliphatic carbocycles. The lowest BCUT2D eigenvalue weighted by molar-refractivity contribution is -0.385.